The highest BCUT2D eigenvalue weighted by Gasteiger charge is 2.24. The van der Waals surface area contributed by atoms with E-state index in [1.807, 2.05) is 72.6 Å². The second-order valence-electron chi connectivity index (χ2n) is 10.7. The lowest BCUT2D eigenvalue weighted by Gasteiger charge is -2.34. The van der Waals surface area contributed by atoms with Gasteiger partial charge < -0.3 is 19.7 Å². The van der Waals surface area contributed by atoms with Gasteiger partial charge in [0.1, 0.15) is 0 Å². The second-order valence-corrected chi connectivity index (χ2v) is 11.1. The van der Waals surface area contributed by atoms with E-state index in [2.05, 4.69) is 45.6 Å². The van der Waals surface area contributed by atoms with E-state index in [1.54, 1.807) is 0 Å². The van der Waals surface area contributed by atoms with Gasteiger partial charge in [-0.25, -0.2) is 4.98 Å². The Morgan fingerprint density at radius 3 is 2.60 bits per heavy atom. The first-order valence-corrected chi connectivity index (χ1v) is 14.5. The molecule has 0 aliphatic carbocycles. The van der Waals surface area contributed by atoms with Crippen molar-refractivity contribution in [3.05, 3.63) is 108 Å². The van der Waals surface area contributed by atoms with Crippen LogP contribution in [0.3, 0.4) is 0 Å². The zero-order valence-electron chi connectivity index (χ0n) is 23.2. The number of likely N-dealkylation sites (tertiary alicyclic amines) is 1. The minimum Gasteiger partial charge on any atom is -0.353 e. The van der Waals surface area contributed by atoms with Crippen LogP contribution in [0.4, 0.5) is 5.95 Å². The monoisotopic (exact) mass is 555 g/mol. The van der Waals surface area contributed by atoms with Crippen molar-refractivity contribution in [2.24, 2.45) is 0 Å². The number of fused-ring (bicyclic) bond motifs is 1. The Bertz CT molecular complexity index is 1430. The van der Waals surface area contributed by atoms with E-state index in [9.17, 15) is 4.79 Å². The van der Waals surface area contributed by atoms with Gasteiger partial charge in [-0.05, 0) is 67.8 Å². The Morgan fingerprint density at radius 1 is 1.10 bits per heavy atom. The van der Waals surface area contributed by atoms with E-state index in [1.165, 1.54) is 5.56 Å². The third kappa shape index (κ3) is 6.75. The number of halogens is 1. The van der Waals surface area contributed by atoms with E-state index >= 15 is 0 Å². The standard InChI is InChI=1S/C33H38ClN5O/c1-3-19-39-31-15-8-7-14-30(31)36-33(39)35-29-17-21-38(22-18-29)20-16-27(26-12-9-13-28(34)23-26)24-37(2)32(40)25-10-5-4-6-11-25/h3-15,23,27,29H,1,16-22,24H2,2H3,(H,35,36). The van der Waals surface area contributed by atoms with Gasteiger partial charge in [-0.15, -0.1) is 6.58 Å². The molecule has 40 heavy (non-hydrogen) atoms. The molecular weight excluding hydrogens is 518 g/mol. The van der Waals surface area contributed by atoms with Crippen molar-refractivity contribution < 1.29 is 4.79 Å². The van der Waals surface area contributed by atoms with E-state index in [0.29, 0.717) is 18.2 Å². The Hall–Kier alpha value is -3.61. The van der Waals surface area contributed by atoms with Gasteiger partial charge in [-0.1, -0.05) is 60.1 Å². The van der Waals surface area contributed by atoms with E-state index in [-0.39, 0.29) is 11.8 Å². The molecule has 4 aromatic rings. The van der Waals surface area contributed by atoms with Gasteiger partial charge in [0.25, 0.3) is 5.91 Å². The zero-order chi connectivity index (χ0) is 27.9. The Labute approximate surface area is 242 Å². The molecule has 0 bridgehead atoms. The molecule has 0 spiro atoms. The molecule has 0 radical (unpaired) electrons. The molecule has 0 saturated carbocycles. The first kappa shape index (κ1) is 27.9. The molecule has 1 aliphatic heterocycles. The minimum absolute atomic E-state index is 0.0435. The Kier molecular flexibility index (Phi) is 9.19. The van der Waals surface area contributed by atoms with Crippen LogP contribution in [0.25, 0.3) is 11.0 Å². The lowest BCUT2D eigenvalue weighted by atomic mass is 9.94. The van der Waals surface area contributed by atoms with Gasteiger partial charge in [0, 0.05) is 55.8 Å². The number of nitrogens with zero attached hydrogens (tertiary/aromatic N) is 4. The van der Waals surface area contributed by atoms with Crippen LogP contribution in [0.15, 0.2) is 91.5 Å². The number of rotatable bonds is 11. The molecule has 1 unspecified atom stereocenters. The number of imidazole rings is 1. The lowest BCUT2D eigenvalue weighted by molar-refractivity contribution is 0.0782. The van der Waals surface area contributed by atoms with Gasteiger partial charge in [0.05, 0.1) is 11.0 Å². The van der Waals surface area contributed by atoms with Crippen LogP contribution in [0, 0.1) is 0 Å². The molecule has 1 saturated heterocycles. The van der Waals surface area contributed by atoms with Crippen LogP contribution in [-0.4, -0.2) is 64.5 Å². The SMILES string of the molecule is C=CCn1c(NC2CCN(CCC(CN(C)C(=O)c3ccccc3)c3cccc(Cl)c3)CC2)nc2ccccc21. The summed E-state index contributed by atoms with van der Waals surface area (Å²) in [5.74, 6) is 1.17. The maximum atomic E-state index is 13.1. The molecule has 208 valence electrons. The van der Waals surface area contributed by atoms with E-state index in [0.717, 1.165) is 67.4 Å². The van der Waals surface area contributed by atoms with Crippen molar-refractivity contribution >= 4 is 34.5 Å². The van der Waals surface area contributed by atoms with Crippen molar-refractivity contribution in [1.82, 2.24) is 19.4 Å². The van der Waals surface area contributed by atoms with Gasteiger partial charge in [0.2, 0.25) is 5.95 Å². The van der Waals surface area contributed by atoms with Crippen LogP contribution in [0.2, 0.25) is 5.02 Å². The molecule has 1 N–H and O–H groups in total. The van der Waals surface area contributed by atoms with Crippen LogP contribution >= 0.6 is 11.6 Å². The number of para-hydroxylation sites is 2. The van der Waals surface area contributed by atoms with Crippen molar-refractivity contribution in [3.63, 3.8) is 0 Å². The summed E-state index contributed by atoms with van der Waals surface area (Å²) in [6.07, 6.45) is 5.00. The third-order valence-electron chi connectivity index (χ3n) is 7.86. The van der Waals surface area contributed by atoms with Gasteiger partial charge in [-0.3, -0.25) is 4.79 Å². The van der Waals surface area contributed by atoms with Crippen LogP contribution in [-0.2, 0) is 6.54 Å². The summed E-state index contributed by atoms with van der Waals surface area (Å²) in [6, 6.07) is 26.2. The quantitative estimate of drug-likeness (QED) is 0.209. The number of carbonyl (C=O) groups excluding carboxylic acids is 1. The number of benzene rings is 3. The summed E-state index contributed by atoms with van der Waals surface area (Å²) < 4.78 is 2.21. The van der Waals surface area contributed by atoms with Crippen LogP contribution in [0.5, 0.6) is 0 Å². The normalized spacial score (nSPS) is 15.2. The summed E-state index contributed by atoms with van der Waals surface area (Å²) >= 11 is 6.36. The molecule has 1 atom stereocenters. The second kappa shape index (κ2) is 13.2. The highest BCUT2D eigenvalue weighted by atomic mass is 35.5. The number of hydrogen-bond acceptors (Lipinski definition) is 4. The van der Waals surface area contributed by atoms with E-state index in [4.69, 9.17) is 16.6 Å². The molecule has 1 fully saturated rings. The summed E-state index contributed by atoms with van der Waals surface area (Å²) in [7, 11) is 1.89. The fourth-order valence-electron chi connectivity index (χ4n) is 5.66. The summed E-state index contributed by atoms with van der Waals surface area (Å²) in [6.45, 7) is 8.34. The topological polar surface area (TPSA) is 53.4 Å². The molecule has 1 aliphatic rings. The smallest absolute Gasteiger partial charge is 0.253 e. The van der Waals surface area contributed by atoms with Crippen LogP contribution in [0.1, 0.15) is 41.1 Å². The highest BCUT2D eigenvalue weighted by Crippen LogP contribution is 2.27. The largest absolute Gasteiger partial charge is 0.353 e. The number of hydrogen-bond donors (Lipinski definition) is 1. The molecule has 1 amide bonds. The van der Waals surface area contributed by atoms with Gasteiger partial charge in [-0.2, -0.15) is 0 Å². The molecule has 7 heteroatoms. The number of nitrogens with one attached hydrogen (secondary N) is 1. The average molecular weight is 556 g/mol. The van der Waals surface area contributed by atoms with Crippen LogP contribution < -0.4 is 5.32 Å². The predicted molar refractivity (Wildman–Crippen MR) is 165 cm³/mol. The maximum Gasteiger partial charge on any atom is 0.253 e. The first-order valence-electron chi connectivity index (χ1n) is 14.1. The zero-order valence-corrected chi connectivity index (χ0v) is 23.9. The van der Waals surface area contributed by atoms with Crippen molar-refractivity contribution in [3.8, 4) is 0 Å². The lowest BCUT2D eigenvalue weighted by Crippen LogP contribution is -2.40. The molecule has 1 aromatic heterocycles. The number of aromatic nitrogens is 2. The van der Waals surface area contributed by atoms with Gasteiger partial charge >= 0.3 is 0 Å². The fraction of sp³-hybridized carbons (Fsp3) is 0.333. The fourth-order valence-corrected chi connectivity index (χ4v) is 5.86. The Morgan fingerprint density at radius 2 is 1.85 bits per heavy atom. The highest BCUT2D eigenvalue weighted by molar-refractivity contribution is 6.30. The molecule has 6 nitrogen and oxygen atoms in total. The van der Waals surface area contributed by atoms with Gasteiger partial charge in [0.15, 0.2) is 0 Å². The molecule has 5 rings (SSSR count). The number of piperidine rings is 1. The summed E-state index contributed by atoms with van der Waals surface area (Å²) in [5, 5.41) is 4.44. The minimum atomic E-state index is 0.0435. The summed E-state index contributed by atoms with van der Waals surface area (Å²) in [5.41, 5.74) is 4.03. The third-order valence-corrected chi connectivity index (χ3v) is 8.10. The van der Waals surface area contributed by atoms with E-state index < -0.39 is 0 Å². The molecule has 3 aromatic carbocycles. The predicted octanol–water partition coefficient (Wildman–Crippen LogP) is 6.70. The Balaban J connectivity index is 1.19. The van der Waals surface area contributed by atoms with Crippen molar-refractivity contribution in [1.29, 1.82) is 0 Å². The first-order chi connectivity index (χ1) is 19.5. The molecular formula is C33H38ClN5O. The number of carbonyl (C=O) groups is 1. The number of anilines is 1. The van der Waals surface area contributed by atoms with Crippen molar-refractivity contribution in [2.45, 2.75) is 37.8 Å². The molecule has 2 heterocycles. The number of likely N-dealkylation sites (N-methyl/N-ethyl adjacent to an activating group) is 1. The summed E-state index contributed by atoms with van der Waals surface area (Å²) in [4.78, 5) is 22.3. The number of amides is 1. The number of allylic oxidation sites excluding steroid dienone is 1. The van der Waals surface area contributed by atoms with Crippen molar-refractivity contribution in [2.75, 3.05) is 38.5 Å². The maximum absolute atomic E-state index is 13.1. The average Bonchev–Trinajstić information content (AvgIpc) is 3.32.